The first kappa shape index (κ1) is 25.6. The second kappa shape index (κ2) is 12.4. The van der Waals surface area contributed by atoms with Gasteiger partial charge in [-0.15, -0.1) is 0 Å². The van der Waals surface area contributed by atoms with Gasteiger partial charge in [0.2, 0.25) is 0 Å². The van der Waals surface area contributed by atoms with Crippen molar-refractivity contribution in [1.82, 2.24) is 0 Å². The van der Waals surface area contributed by atoms with Crippen LogP contribution in [-0.2, 0) is 14.2 Å². The third kappa shape index (κ3) is 6.29. The van der Waals surface area contributed by atoms with Crippen LogP contribution >= 0.6 is 0 Å². The molecule has 0 heterocycles. The first-order valence-corrected chi connectivity index (χ1v) is 16.2. The molecule has 0 amide bonds. The van der Waals surface area contributed by atoms with Gasteiger partial charge in [0.25, 0.3) is 0 Å². The summed E-state index contributed by atoms with van der Waals surface area (Å²) in [6.45, 7) is 6.29. The summed E-state index contributed by atoms with van der Waals surface area (Å²) in [5.41, 5.74) is 1.52. The number of benzene rings is 3. The van der Waals surface area contributed by atoms with Gasteiger partial charge in [-0.25, -0.2) is 0 Å². The Morgan fingerprint density at radius 2 is 0.735 bits per heavy atom. The fourth-order valence-electron chi connectivity index (χ4n) is 3.66. The Balaban J connectivity index is 1.99. The molecule has 0 aromatic heterocycles. The average Bonchev–Trinajstić information content (AvgIpc) is 2.86. The van der Waals surface area contributed by atoms with Gasteiger partial charge in [0.15, 0.2) is 0 Å². The van der Waals surface area contributed by atoms with E-state index in [9.17, 15) is 14.4 Å². The maximum absolute atomic E-state index is 12.1. The summed E-state index contributed by atoms with van der Waals surface area (Å²) < 4.78 is 18.8. The van der Waals surface area contributed by atoms with Gasteiger partial charge < -0.3 is 0 Å². The van der Waals surface area contributed by atoms with E-state index >= 15 is 0 Å². The molecule has 0 radical (unpaired) electrons. The minimum atomic E-state index is -2.88. The Morgan fingerprint density at radius 1 is 0.500 bits per heavy atom. The van der Waals surface area contributed by atoms with Crippen LogP contribution in [0.25, 0.3) is 0 Å². The van der Waals surface area contributed by atoms with Crippen LogP contribution in [-0.4, -0.2) is 59.2 Å². The molecule has 0 aliphatic heterocycles. The fraction of sp³-hybridized carbons (Fsp3) is 0.222. The first-order chi connectivity index (χ1) is 16.5. The van der Waals surface area contributed by atoms with Crippen LogP contribution in [0.15, 0.2) is 72.8 Å². The van der Waals surface area contributed by atoms with Gasteiger partial charge in [-0.2, -0.15) is 0 Å². The predicted molar refractivity (Wildman–Crippen MR) is 132 cm³/mol. The molecule has 0 saturated heterocycles. The van der Waals surface area contributed by atoms with E-state index in [2.05, 4.69) is 0 Å². The van der Waals surface area contributed by atoms with E-state index in [0.717, 1.165) is 9.96 Å². The molecule has 0 saturated carbocycles. The molecule has 0 fully saturated rings. The van der Waals surface area contributed by atoms with Crippen molar-refractivity contribution in [2.75, 3.05) is 19.8 Å². The zero-order valence-electron chi connectivity index (χ0n) is 19.6. The summed E-state index contributed by atoms with van der Waals surface area (Å²) in [5, 5.41) is 0. The molecular formula is C27H27InO6. The molecule has 34 heavy (non-hydrogen) atoms. The van der Waals surface area contributed by atoms with Crippen molar-refractivity contribution in [3.8, 4) is 0 Å². The normalized spacial score (nSPS) is 10.3. The van der Waals surface area contributed by atoms with Crippen molar-refractivity contribution in [2.24, 2.45) is 0 Å². The van der Waals surface area contributed by atoms with E-state index in [0.29, 0.717) is 36.5 Å². The zero-order valence-corrected chi connectivity index (χ0v) is 22.9. The van der Waals surface area contributed by atoms with Crippen LogP contribution in [0.5, 0.6) is 0 Å². The van der Waals surface area contributed by atoms with Crippen molar-refractivity contribution >= 4 is 49.3 Å². The van der Waals surface area contributed by atoms with Gasteiger partial charge in [0, 0.05) is 0 Å². The zero-order chi connectivity index (χ0) is 24.5. The van der Waals surface area contributed by atoms with E-state index in [4.69, 9.17) is 14.2 Å². The van der Waals surface area contributed by atoms with E-state index in [-0.39, 0.29) is 17.9 Å². The van der Waals surface area contributed by atoms with Gasteiger partial charge in [-0.1, -0.05) is 0 Å². The Morgan fingerprint density at radius 3 is 0.941 bits per heavy atom. The topological polar surface area (TPSA) is 78.9 Å². The van der Waals surface area contributed by atoms with Crippen molar-refractivity contribution < 1.29 is 28.6 Å². The van der Waals surface area contributed by atoms with Gasteiger partial charge in [-0.05, 0) is 0 Å². The molecule has 174 valence electrons. The van der Waals surface area contributed by atoms with Crippen LogP contribution in [0.1, 0.15) is 51.8 Å². The molecule has 0 N–H and O–H groups in total. The van der Waals surface area contributed by atoms with Crippen molar-refractivity contribution in [2.45, 2.75) is 20.8 Å². The summed E-state index contributed by atoms with van der Waals surface area (Å²) in [6.07, 6.45) is 0. The Bertz CT molecular complexity index is 975. The molecule has 6 nitrogen and oxygen atoms in total. The van der Waals surface area contributed by atoms with E-state index in [1.807, 2.05) is 36.4 Å². The predicted octanol–water partition coefficient (Wildman–Crippen LogP) is 2.73. The molecule has 3 aromatic carbocycles. The second-order valence-corrected chi connectivity index (χ2v) is 15.6. The van der Waals surface area contributed by atoms with E-state index in [1.54, 1.807) is 57.2 Å². The van der Waals surface area contributed by atoms with E-state index in [1.165, 1.54) is 0 Å². The molecular weight excluding hydrogens is 535 g/mol. The fourth-order valence-corrected chi connectivity index (χ4v) is 11.9. The molecule has 7 heteroatoms. The van der Waals surface area contributed by atoms with Crippen LogP contribution in [0.2, 0.25) is 0 Å². The van der Waals surface area contributed by atoms with Crippen molar-refractivity contribution in [3.05, 3.63) is 89.5 Å². The van der Waals surface area contributed by atoms with Crippen LogP contribution in [0, 0.1) is 0 Å². The van der Waals surface area contributed by atoms with Crippen LogP contribution < -0.4 is 9.96 Å². The van der Waals surface area contributed by atoms with Crippen molar-refractivity contribution in [3.63, 3.8) is 0 Å². The number of carbonyl (C=O) groups excluding carboxylic acids is 3. The third-order valence-electron chi connectivity index (χ3n) is 5.27. The van der Waals surface area contributed by atoms with Gasteiger partial charge in [-0.3, -0.25) is 0 Å². The van der Waals surface area contributed by atoms with Gasteiger partial charge in [0.1, 0.15) is 0 Å². The second-order valence-electron chi connectivity index (χ2n) is 7.46. The summed E-state index contributed by atoms with van der Waals surface area (Å²) in [5.74, 6) is -1.05. The Hall–Kier alpha value is -3.06. The van der Waals surface area contributed by atoms with Crippen molar-refractivity contribution in [1.29, 1.82) is 0 Å². The van der Waals surface area contributed by atoms with Crippen LogP contribution in [0.4, 0.5) is 0 Å². The molecule has 0 spiro atoms. The third-order valence-corrected chi connectivity index (χ3v) is 14.3. The standard InChI is InChI=1S/3C9H9O2.In/c3*1-2-11-9(10)8-6-4-3-5-7-8;/h3*4-7H,2H2,1H3;. The quantitative estimate of drug-likeness (QED) is 0.295. The summed E-state index contributed by atoms with van der Waals surface area (Å²) >= 11 is -2.88. The number of hydrogen-bond acceptors (Lipinski definition) is 6. The van der Waals surface area contributed by atoms with Gasteiger partial charge >= 0.3 is 208 Å². The Kier molecular flexibility index (Phi) is 9.33. The molecule has 3 aromatic rings. The monoisotopic (exact) mass is 562 g/mol. The molecule has 0 aliphatic rings. The summed E-state index contributed by atoms with van der Waals surface area (Å²) in [7, 11) is 0. The number of carbonyl (C=O) groups is 3. The number of esters is 3. The number of ether oxygens (including phenoxy) is 3. The summed E-state index contributed by atoms with van der Waals surface area (Å²) in [6, 6.07) is 22.6. The Labute approximate surface area is 207 Å². The van der Waals surface area contributed by atoms with E-state index < -0.39 is 21.4 Å². The average molecular weight is 562 g/mol. The first-order valence-electron chi connectivity index (χ1n) is 11.3. The molecule has 0 unspecified atom stereocenters. The summed E-state index contributed by atoms with van der Waals surface area (Å²) in [4.78, 5) is 36.2. The van der Waals surface area contributed by atoms with Crippen LogP contribution in [0.3, 0.4) is 0 Å². The molecule has 0 atom stereocenters. The van der Waals surface area contributed by atoms with Gasteiger partial charge in [0.05, 0.1) is 0 Å². The minimum absolute atomic E-state index is 0.321. The molecule has 3 rings (SSSR count). The maximum atomic E-state index is 12.1. The molecule has 0 bridgehead atoms. The SMILES string of the molecule is CCOC(=O)c1cc[c]([In]([c]2ccc(C(=O)OCC)cc2)[c]2ccc(C(=O)OCC)cc2)cc1. The molecule has 0 aliphatic carbocycles. The number of hydrogen-bond donors (Lipinski definition) is 0. The number of rotatable bonds is 9.